The van der Waals surface area contributed by atoms with Crippen molar-refractivity contribution in [3.63, 3.8) is 0 Å². The van der Waals surface area contributed by atoms with E-state index in [2.05, 4.69) is 51.5 Å². The third-order valence-corrected chi connectivity index (χ3v) is 5.03. The molecule has 25 heavy (non-hydrogen) atoms. The van der Waals surface area contributed by atoms with E-state index in [1.807, 2.05) is 30.6 Å². The van der Waals surface area contributed by atoms with Gasteiger partial charge in [-0.05, 0) is 43.7 Å². The molecule has 5 heteroatoms. The van der Waals surface area contributed by atoms with Crippen LogP contribution >= 0.6 is 0 Å². The van der Waals surface area contributed by atoms with E-state index in [0.717, 1.165) is 36.1 Å². The van der Waals surface area contributed by atoms with Gasteiger partial charge in [0.25, 0.3) is 0 Å². The van der Waals surface area contributed by atoms with Crippen LogP contribution in [-0.4, -0.2) is 32.6 Å². The van der Waals surface area contributed by atoms with Crippen LogP contribution in [0.4, 0.5) is 5.82 Å². The van der Waals surface area contributed by atoms with Crippen LogP contribution in [0.1, 0.15) is 11.4 Å². The summed E-state index contributed by atoms with van der Waals surface area (Å²) in [5.74, 6) is 2.55. The van der Waals surface area contributed by atoms with Crippen molar-refractivity contribution in [1.82, 2.24) is 19.5 Å². The standard InChI is InChI=1S/C20H19N5/c1-13-6-7-14(2)25(13)19-5-3-4-17(23-19)18-9-22-20(10-21-18)24-11-15-8-16(15)12-24/h3-10,15H,11-12H2,1-2H3. The predicted octanol–water partition coefficient (Wildman–Crippen LogP) is 3.32. The van der Waals surface area contributed by atoms with E-state index in [4.69, 9.17) is 4.98 Å². The molecule has 1 saturated heterocycles. The van der Waals surface area contributed by atoms with Crippen molar-refractivity contribution in [1.29, 1.82) is 0 Å². The van der Waals surface area contributed by atoms with E-state index in [9.17, 15) is 0 Å². The van der Waals surface area contributed by atoms with Crippen LogP contribution in [0.2, 0.25) is 0 Å². The fraction of sp³-hybridized carbons (Fsp3) is 0.250. The molecule has 0 amide bonds. The Bertz CT molecular complexity index is 964. The van der Waals surface area contributed by atoms with Gasteiger partial charge in [0, 0.05) is 30.4 Å². The molecule has 124 valence electrons. The highest BCUT2D eigenvalue weighted by Gasteiger charge is 2.35. The van der Waals surface area contributed by atoms with Crippen LogP contribution in [0.5, 0.6) is 0 Å². The molecule has 5 nitrogen and oxygen atoms in total. The van der Waals surface area contributed by atoms with Gasteiger partial charge in [-0.25, -0.2) is 15.0 Å². The minimum absolute atomic E-state index is 0.688. The van der Waals surface area contributed by atoms with Gasteiger partial charge >= 0.3 is 0 Å². The number of pyridine rings is 1. The zero-order valence-corrected chi connectivity index (χ0v) is 14.3. The first-order valence-corrected chi connectivity index (χ1v) is 8.59. The van der Waals surface area contributed by atoms with Gasteiger partial charge in [-0.1, -0.05) is 12.1 Å². The summed E-state index contributed by atoms with van der Waals surface area (Å²) in [6, 6.07) is 10.2. The largest absolute Gasteiger partial charge is 0.350 e. The maximum Gasteiger partial charge on any atom is 0.147 e. The minimum atomic E-state index is 0.688. The van der Waals surface area contributed by atoms with Crippen molar-refractivity contribution in [2.45, 2.75) is 13.8 Å². The Morgan fingerprint density at radius 1 is 0.920 bits per heavy atom. The first-order valence-electron chi connectivity index (χ1n) is 8.59. The molecule has 4 heterocycles. The van der Waals surface area contributed by atoms with Gasteiger partial charge in [0.1, 0.15) is 17.3 Å². The second kappa shape index (κ2) is 5.28. The van der Waals surface area contributed by atoms with Crippen LogP contribution in [0.25, 0.3) is 17.2 Å². The number of aromatic nitrogens is 4. The second-order valence-corrected chi connectivity index (χ2v) is 6.82. The smallest absolute Gasteiger partial charge is 0.147 e. The first-order chi connectivity index (χ1) is 12.2. The molecular formula is C20H19N5. The maximum atomic E-state index is 4.79. The van der Waals surface area contributed by atoms with E-state index in [0.29, 0.717) is 5.92 Å². The van der Waals surface area contributed by atoms with Gasteiger partial charge in [0.05, 0.1) is 18.1 Å². The molecule has 5 rings (SSSR count). The summed E-state index contributed by atoms with van der Waals surface area (Å²) >= 11 is 0. The molecule has 1 unspecified atom stereocenters. The van der Waals surface area contributed by atoms with Crippen molar-refractivity contribution in [3.8, 4) is 17.2 Å². The molecule has 1 fully saturated rings. The van der Waals surface area contributed by atoms with E-state index in [1.54, 1.807) is 0 Å². The summed E-state index contributed by atoms with van der Waals surface area (Å²) < 4.78 is 2.15. The number of nitrogens with zero attached hydrogens (tertiary/aromatic N) is 5. The molecule has 0 spiro atoms. The Hall–Kier alpha value is -2.95. The Kier molecular flexibility index (Phi) is 3.04. The number of rotatable bonds is 3. The molecule has 0 radical (unpaired) electrons. The number of anilines is 1. The molecule has 3 aromatic heterocycles. The highest BCUT2D eigenvalue weighted by Crippen LogP contribution is 2.38. The summed E-state index contributed by atoms with van der Waals surface area (Å²) in [4.78, 5) is 16.3. The van der Waals surface area contributed by atoms with Crippen molar-refractivity contribution in [2.24, 2.45) is 5.92 Å². The lowest BCUT2D eigenvalue weighted by Gasteiger charge is -2.17. The summed E-state index contributed by atoms with van der Waals surface area (Å²) in [6.45, 7) is 6.22. The van der Waals surface area contributed by atoms with Gasteiger partial charge in [0.15, 0.2) is 0 Å². The Balaban J connectivity index is 1.45. The van der Waals surface area contributed by atoms with E-state index >= 15 is 0 Å². The molecule has 0 aromatic carbocycles. The fourth-order valence-electron chi connectivity index (χ4n) is 3.58. The second-order valence-electron chi connectivity index (χ2n) is 6.82. The lowest BCUT2D eigenvalue weighted by molar-refractivity contribution is 0.865. The zero-order valence-electron chi connectivity index (χ0n) is 14.3. The lowest BCUT2D eigenvalue weighted by Crippen LogP contribution is -2.21. The Morgan fingerprint density at radius 2 is 1.76 bits per heavy atom. The van der Waals surface area contributed by atoms with Crippen LogP contribution in [0.15, 0.2) is 54.4 Å². The van der Waals surface area contributed by atoms with Gasteiger partial charge in [-0.15, -0.1) is 0 Å². The zero-order chi connectivity index (χ0) is 17.0. The average Bonchev–Trinajstić information content (AvgIpc) is 3.10. The van der Waals surface area contributed by atoms with E-state index < -0.39 is 0 Å². The highest BCUT2D eigenvalue weighted by molar-refractivity contribution is 5.57. The maximum absolute atomic E-state index is 4.79. The Morgan fingerprint density at radius 3 is 2.44 bits per heavy atom. The molecule has 0 saturated carbocycles. The van der Waals surface area contributed by atoms with Crippen LogP contribution in [-0.2, 0) is 0 Å². The van der Waals surface area contributed by atoms with Gasteiger partial charge < -0.3 is 9.47 Å². The summed E-state index contributed by atoms with van der Waals surface area (Å²) in [6.07, 6.45) is 6.02. The number of aryl methyl sites for hydroxylation is 2. The van der Waals surface area contributed by atoms with Crippen molar-refractivity contribution >= 4 is 5.82 Å². The number of hydrogen-bond donors (Lipinski definition) is 0. The third kappa shape index (κ3) is 2.43. The van der Waals surface area contributed by atoms with Crippen molar-refractivity contribution in [3.05, 3.63) is 65.8 Å². The van der Waals surface area contributed by atoms with Crippen LogP contribution in [0.3, 0.4) is 0 Å². The topological polar surface area (TPSA) is 46.8 Å². The molecule has 1 aliphatic carbocycles. The minimum Gasteiger partial charge on any atom is -0.350 e. The fourth-order valence-corrected chi connectivity index (χ4v) is 3.58. The lowest BCUT2D eigenvalue weighted by atomic mass is 10.2. The van der Waals surface area contributed by atoms with Crippen molar-refractivity contribution < 1.29 is 0 Å². The first kappa shape index (κ1) is 14.4. The van der Waals surface area contributed by atoms with Crippen LogP contribution < -0.4 is 4.90 Å². The molecule has 0 N–H and O–H groups in total. The SMILES string of the molecule is Cc1ccc(C)n1-c1cccc(-c2cnc(N3CC4=CC4C3)cn2)n1. The van der Waals surface area contributed by atoms with E-state index in [1.165, 1.54) is 17.0 Å². The normalized spacial score (nSPS) is 18.2. The molecule has 1 atom stereocenters. The van der Waals surface area contributed by atoms with Crippen molar-refractivity contribution in [2.75, 3.05) is 18.0 Å². The Labute approximate surface area is 146 Å². The van der Waals surface area contributed by atoms with E-state index in [-0.39, 0.29) is 0 Å². The molecular weight excluding hydrogens is 310 g/mol. The molecule has 2 aliphatic rings. The monoisotopic (exact) mass is 329 g/mol. The summed E-state index contributed by atoms with van der Waals surface area (Å²) in [5.41, 5.74) is 5.53. The highest BCUT2D eigenvalue weighted by atomic mass is 15.2. The average molecular weight is 329 g/mol. The number of fused-ring (bicyclic) bond motifs is 1. The third-order valence-electron chi connectivity index (χ3n) is 5.03. The molecule has 1 aliphatic heterocycles. The molecule has 3 aromatic rings. The van der Waals surface area contributed by atoms with Gasteiger partial charge in [0.2, 0.25) is 0 Å². The van der Waals surface area contributed by atoms with Gasteiger partial charge in [-0.3, -0.25) is 0 Å². The summed E-state index contributed by atoms with van der Waals surface area (Å²) in [5, 5.41) is 0. The van der Waals surface area contributed by atoms with Gasteiger partial charge in [-0.2, -0.15) is 0 Å². The summed E-state index contributed by atoms with van der Waals surface area (Å²) in [7, 11) is 0. The molecule has 0 bridgehead atoms. The van der Waals surface area contributed by atoms with Crippen LogP contribution in [0, 0.1) is 19.8 Å². The predicted molar refractivity (Wildman–Crippen MR) is 97.9 cm³/mol. The number of hydrogen-bond acceptors (Lipinski definition) is 4. The quantitative estimate of drug-likeness (QED) is 0.692.